The van der Waals surface area contributed by atoms with Gasteiger partial charge in [-0.2, -0.15) is 5.26 Å². The molecule has 3 nitrogen and oxygen atoms in total. The summed E-state index contributed by atoms with van der Waals surface area (Å²) in [5.41, 5.74) is 5.74. The number of fused-ring (bicyclic) bond motifs is 1. The van der Waals surface area contributed by atoms with Crippen molar-refractivity contribution in [3.63, 3.8) is 0 Å². The highest BCUT2D eigenvalue weighted by Crippen LogP contribution is 2.32. The number of hydrogen-bond acceptors (Lipinski definition) is 2. The highest BCUT2D eigenvalue weighted by molar-refractivity contribution is 6.31. The maximum Gasteiger partial charge on any atom is 0.140 e. The fourth-order valence-corrected chi connectivity index (χ4v) is 2.82. The smallest absolute Gasteiger partial charge is 0.140 e. The first kappa shape index (κ1) is 14.6. The zero-order valence-electron chi connectivity index (χ0n) is 12.8. The summed E-state index contributed by atoms with van der Waals surface area (Å²) >= 11 is 6.12. The zero-order chi connectivity index (χ0) is 15.9. The van der Waals surface area contributed by atoms with Gasteiger partial charge in [0.2, 0.25) is 0 Å². The van der Waals surface area contributed by atoms with E-state index in [1.165, 1.54) is 0 Å². The first-order valence-corrected chi connectivity index (χ1v) is 7.54. The Labute approximate surface area is 134 Å². The van der Waals surface area contributed by atoms with Crippen LogP contribution in [0.3, 0.4) is 0 Å². The van der Waals surface area contributed by atoms with Gasteiger partial charge in [-0.25, -0.2) is 4.98 Å². The van der Waals surface area contributed by atoms with Crippen molar-refractivity contribution in [3.05, 3.63) is 58.4 Å². The lowest BCUT2D eigenvalue weighted by molar-refractivity contribution is 0.898. The average Bonchev–Trinajstić information content (AvgIpc) is 2.90. The molecule has 0 amide bonds. The molecule has 0 saturated heterocycles. The number of aromatic nitrogens is 2. The molecule has 2 heterocycles. The molecule has 4 heteroatoms. The lowest BCUT2D eigenvalue weighted by atomic mass is 10.0. The van der Waals surface area contributed by atoms with Gasteiger partial charge in [-0.05, 0) is 50.1 Å². The molecule has 3 rings (SSSR count). The van der Waals surface area contributed by atoms with Gasteiger partial charge in [-0.15, -0.1) is 0 Å². The van der Waals surface area contributed by atoms with E-state index in [0.29, 0.717) is 0 Å². The highest BCUT2D eigenvalue weighted by atomic mass is 35.5. The molecular formula is C18H16ClN3. The normalized spacial score (nSPS) is 12.3. The van der Waals surface area contributed by atoms with Crippen LogP contribution in [0.1, 0.15) is 29.7 Å². The number of aryl methyl sites for hydroxylation is 2. The van der Waals surface area contributed by atoms with E-state index in [-0.39, 0.29) is 5.92 Å². The summed E-state index contributed by atoms with van der Waals surface area (Å²) in [5.74, 6) is -0.247. The molecule has 1 unspecified atom stereocenters. The van der Waals surface area contributed by atoms with Gasteiger partial charge in [-0.3, -0.25) is 0 Å². The molecule has 0 bridgehead atoms. The highest BCUT2D eigenvalue weighted by Gasteiger charge is 2.20. The number of pyridine rings is 1. The Kier molecular flexibility index (Phi) is 3.64. The van der Waals surface area contributed by atoms with Crippen molar-refractivity contribution in [2.75, 3.05) is 0 Å². The van der Waals surface area contributed by atoms with Crippen LogP contribution in [-0.2, 0) is 0 Å². The van der Waals surface area contributed by atoms with Gasteiger partial charge >= 0.3 is 0 Å². The van der Waals surface area contributed by atoms with E-state index < -0.39 is 0 Å². The molecule has 110 valence electrons. The van der Waals surface area contributed by atoms with E-state index in [1.54, 1.807) is 0 Å². The topological polar surface area (TPSA) is 41.1 Å². The van der Waals surface area contributed by atoms with Crippen molar-refractivity contribution in [2.24, 2.45) is 0 Å². The van der Waals surface area contributed by atoms with Crippen LogP contribution in [0.2, 0.25) is 5.02 Å². The van der Waals surface area contributed by atoms with Crippen molar-refractivity contribution in [3.8, 4) is 17.3 Å². The molecule has 0 aliphatic rings. The Bertz CT molecular complexity index is 903. The third kappa shape index (κ3) is 2.26. The van der Waals surface area contributed by atoms with Crippen LogP contribution in [0.5, 0.6) is 0 Å². The third-order valence-electron chi connectivity index (χ3n) is 3.92. The second-order valence-electron chi connectivity index (χ2n) is 5.55. The van der Waals surface area contributed by atoms with Crippen molar-refractivity contribution in [1.82, 2.24) is 9.38 Å². The SMILES string of the molecule is Cc1cc(-c2nc3c(C)cccn3c2C(C)C#N)ccc1Cl. The van der Waals surface area contributed by atoms with Crippen molar-refractivity contribution >= 4 is 17.2 Å². The maximum absolute atomic E-state index is 9.39. The number of nitrogens with zero attached hydrogens (tertiary/aromatic N) is 3. The van der Waals surface area contributed by atoms with E-state index in [0.717, 1.165) is 38.7 Å². The summed E-state index contributed by atoms with van der Waals surface area (Å²) in [5, 5.41) is 10.1. The first-order valence-electron chi connectivity index (χ1n) is 7.16. The number of nitriles is 1. The third-order valence-corrected chi connectivity index (χ3v) is 4.34. The van der Waals surface area contributed by atoms with E-state index in [9.17, 15) is 5.26 Å². The maximum atomic E-state index is 9.39. The molecule has 0 saturated carbocycles. The Balaban J connectivity index is 2.35. The molecule has 0 fully saturated rings. The molecule has 0 radical (unpaired) electrons. The molecule has 1 atom stereocenters. The Morgan fingerprint density at radius 1 is 1.23 bits per heavy atom. The minimum absolute atomic E-state index is 0.247. The number of imidazole rings is 1. The van der Waals surface area contributed by atoms with Crippen LogP contribution < -0.4 is 0 Å². The quantitative estimate of drug-likeness (QED) is 0.675. The second-order valence-corrected chi connectivity index (χ2v) is 5.95. The summed E-state index contributed by atoms with van der Waals surface area (Å²) in [6.07, 6.45) is 1.96. The number of hydrogen-bond donors (Lipinski definition) is 0. The monoisotopic (exact) mass is 309 g/mol. The summed E-state index contributed by atoms with van der Waals surface area (Å²) < 4.78 is 2.02. The predicted molar refractivity (Wildman–Crippen MR) is 89.1 cm³/mol. The Morgan fingerprint density at radius 2 is 2.00 bits per heavy atom. The van der Waals surface area contributed by atoms with Gasteiger partial charge < -0.3 is 4.40 Å². The molecule has 0 N–H and O–H groups in total. The van der Waals surface area contributed by atoms with Gasteiger partial charge in [0.25, 0.3) is 0 Å². The van der Waals surface area contributed by atoms with Crippen LogP contribution in [0.15, 0.2) is 36.5 Å². The minimum atomic E-state index is -0.247. The van der Waals surface area contributed by atoms with Gasteiger partial charge in [-0.1, -0.05) is 23.7 Å². The summed E-state index contributed by atoms with van der Waals surface area (Å²) in [4.78, 5) is 4.79. The molecule has 0 aliphatic carbocycles. The van der Waals surface area contributed by atoms with Crippen LogP contribution >= 0.6 is 11.6 Å². The van der Waals surface area contributed by atoms with Gasteiger partial charge in [0.05, 0.1) is 23.4 Å². The van der Waals surface area contributed by atoms with Gasteiger partial charge in [0, 0.05) is 16.8 Å². The summed E-state index contributed by atoms with van der Waals surface area (Å²) in [6, 6.07) is 12.2. The molecular weight excluding hydrogens is 294 g/mol. The van der Waals surface area contributed by atoms with E-state index in [1.807, 2.05) is 61.7 Å². The largest absolute Gasteiger partial charge is 0.302 e. The van der Waals surface area contributed by atoms with E-state index in [2.05, 4.69) is 6.07 Å². The van der Waals surface area contributed by atoms with Crippen molar-refractivity contribution in [1.29, 1.82) is 5.26 Å². The summed E-state index contributed by atoms with van der Waals surface area (Å²) in [7, 11) is 0. The van der Waals surface area contributed by atoms with Crippen LogP contribution in [0, 0.1) is 25.2 Å². The average molecular weight is 310 g/mol. The first-order chi connectivity index (χ1) is 10.5. The molecule has 1 aromatic carbocycles. The van der Waals surface area contributed by atoms with Crippen molar-refractivity contribution in [2.45, 2.75) is 26.7 Å². The number of benzene rings is 1. The molecule has 3 aromatic rings. The Morgan fingerprint density at radius 3 is 2.68 bits per heavy atom. The molecule has 2 aromatic heterocycles. The van der Waals surface area contributed by atoms with Crippen LogP contribution in [-0.4, -0.2) is 9.38 Å². The molecule has 0 spiro atoms. The van der Waals surface area contributed by atoms with Gasteiger partial charge in [0.1, 0.15) is 5.65 Å². The fraction of sp³-hybridized carbons (Fsp3) is 0.222. The Hall–Kier alpha value is -2.31. The second kappa shape index (κ2) is 5.47. The van der Waals surface area contributed by atoms with Crippen LogP contribution in [0.25, 0.3) is 16.9 Å². The fourth-order valence-electron chi connectivity index (χ4n) is 2.70. The van der Waals surface area contributed by atoms with E-state index >= 15 is 0 Å². The lowest BCUT2D eigenvalue weighted by Crippen LogP contribution is -1.99. The van der Waals surface area contributed by atoms with Crippen molar-refractivity contribution < 1.29 is 0 Å². The van der Waals surface area contributed by atoms with Gasteiger partial charge in [0.15, 0.2) is 0 Å². The minimum Gasteiger partial charge on any atom is -0.302 e. The zero-order valence-corrected chi connectivity index (χ0v) is 13.5. The van der Waals surface area contributed by atoms with Crippen LogP contribution in [0.4, 0.5) is 0 Å². The molecule has 0 aliphatic heterocycles. The standard InChI is InChI=1S/C18H16ClN3/c1-11-5-4-8-22-17(13(3)10-20)16(21-18(11)22)14-6-7-15(19)12(2)9-14/h4-9,13H,1-3H3. The summed E-state index contributed by atoms with van der Waals surface area (Å²) in [6.45, 7) is 5.90. The molecule has 22 heavy (non-hydrogen) atoms. The van der Waals surface area contributed by atoms with E-state index in [4.69, 9.17) is 16.6 Å². The number of rotatable bonds is 2. The lowest BCUT2D eigenvalue weighted by Gasteiger charge is -2.08. The number of halogens is 1. The predicted octanol–water partition coefficient (Wildman–Crippen LogP) is 4.90.